The molecule has 88 valence electrons. The molecule has 0 aliphatic heterocycles. The summed E-state index contributed by atoms with van der Waals surface area (Å²) in [4.78, 5) is 11.5. The number of H-pyrrole nitrogens is 1. The van der Waals surface area contributed by atoms with Gasteiger partial charge >= 0.3 is 0 Å². The number of hydrogen-bond donors (Lipinski definition) is 2. The second kappa shape index (κ2) is 5.13. The fraction of sp³-hybridized carbons (Fsp3) is 0.100. The first-order chi connectivity index (χ1) is 8.15. The number of furan rings is 1. The quantitative estimate of drug-likeness (QED) is 0.505. The number of nitrogens with one attached hydrogen (secondary N) is 2. The summed E-state index contributed by atoms with van der Waals surface area (Å²) in [7, 11) is 0. The number of hydrogen-bond acceptors (Lipinski definition) is 4. The van der Waals surface area contributed by atoms with Gasteiger partial charge < -0.3 is 4.42 Å². The first kappa shape index (κ1) is 11.8. The Bertz CT molecular complexity index is 558. The molecule has 2 rings (SSSR count). The topological polar surface area (TPSA) is 83.3 Å². The van der Waals surface area contributed by atoms with Crippen LogP contribution in [-0.4, -0.2) is 22.3 Å². The van der Waals surface area contributed by atoms with E-state index in [2.05, 4.69) is 20.7 Å². The van der Waals surface area contributed by atoms with Gasteiger partial charge in [-0.3, -0.25) is 9.89 Å². The monoisotopic (exact) mass is 344 g/mol. The zero-order valence-corrected chi connectivity index (χ0v) is 11.1. The maximum absolute atomic E-state index is 11.5. The lowest BCUT2D eigenvalue weighted by atomic mass is 10.4. The second-order valence-electron chi connectivity index (χ2n) is 3.28. The number of aromatic nitrogens is 2. The van der Waals surface area contributed by atoms with Crippen molar-refractivity contribution in [3.05, 3.63) is 39.1 Å². The molecule has 0 radical (unpaired) electrons. The van der Waals surface area contributed by atoms with E-state index in [9.17, 15) is 4.79 Å². The SMILES string of the molecule is Cc1cc(C(=O)N/N=C\c2ccc(I)o2)n[nH]1. The normalized spacial score (nSPS) is 10.9. The van der Waals surface area contributed by atoms with Crippen LogP contribution in [0.1, 0.15) is 21.9 Å². The fourth-order valence-corrected chi connectivity index (χ4v) is 1.58. The van der Waals surface area contributed by atoms with Crippen molar-refractivity contribution in [2.45, 2.75) is 6.92 Å². The highest BCUT2D eigenvalue weighted by molar-refractivity contribution is 14.1. The minimum atomic E-state index is -0.369. The average Bonchev–Trinajstić information content (AvgIpc) is 2.88. The third-order valence-electron chi connectivity index (χ3n) is 1.89. The minimum Gasteiger partial charge on any atom is -0.449 e. The van der Waals surface area contributed by atoms with Crippen molar-refractivity contribution in [2.75, 3.05) is 0 Å². The average molecular weight is 344 g/mol. The smallest absolute Gasteiger partial charge is 0.291 e. The Balaban J connectivity index is 1.94. The van der Waals surface area contributed by atoms with Crippen LogP contribution in [0.25, 0.3) is 0 Å². The van der Waals surface area contributed by atoms with Gasteiger partial charge in [-0.1, -0.05) is 0 Å². The molecule has 2 aromatic heterocycles. The van der Waals surface area contributed by atoms with Crippen molar-refractivity contribution in [2.24, 2.45) is 5.10 Å². The Morgan fingerprint density at radius 1 is 1.65 bits per heavy atom. The van der Waals surface area contributed by atoms with Gasteiger partial charge in [0, 0.05) is 5.69 Å². The standard InChI is InChI=1S/C10H9IN4O2/c1-6-4-8(14-13-6)10(16)15-12-5-7-2-3-9(11)17-7/h2-5H,1H3,(H,13,14)(H,15,16)/b12-5-. The molecule has 17 heavy (non-hydrogen) atoms. The molecule has 0 aliphatic rings. The van der Waals surface area contributed by atoms with E-state index in [1.165, 1.54) is 6.21 Å². The van der Waals surface area contributed by atoms with Gasteiger partial charge in [0.25, 0.3) is 5.91 Å². The molecule has 0 fully saturated rings. The maximum atomic E-state index is 11.5. The van der Waals surface area contributed by atoms with E-state index in [1.807, 2.05) is 29.5 Å². The highest BCUT2D eigenvalue weighted by Crippen LogP contribution is 2.07. The predicted octanol–water partition coefficient (Wildman–Crippen LogP) is 1.68. The molecule has 2 N–H and O–H groups in total. The molecular weight excluding hydrogens is 335 g/mol. The van der Waals surface area contributed by atoms with Crippen molar-refractivity contribution >= 4 is 34.7 Å². The van der Waals surface area contributed by atoms with Gasteiger partial charge in [-0.25, -0.2) is 5.43 Å². The number of carbonyl (C=O) groups is 1. The van der Waals surface area contributed by atoms with Crippen LogP contribution in [0.2, 0.25) is 0 Å². The molecule has 0 aliphatic carbocycles. The molecule has 0 atom stereocenters. The lowest BCUT2D eigenvalue weighted by Crippen LogP contribution is -2.17. The first-order valence-electron chi connectivity index (χ1n) is 4.76. The molecule has 1 amide bonds. The summed E-state index contributed by atoms with van der Waals surface area (Å²) in [5.74, 6) is 0.208. The molecule has 0 bridgehead atoms. The predicted molar refractivity (Wildman–Crippen MR) is 69.8 cm³/mol. The molecule has 0 saturated carbocycles. The zero-order chi connectivity index (χ0) is 12.3. The lowest BCUT2D eigenvalue weighted by Gasteiger charge is -1.93. The highest BCUT2D eigenvalue weighted by atomic mass is 127. The summed E-state index contributed by atoms with van der Waals surface area (Å²) in [5.41, 5.74) is 3.47. The lowest BCUT2D eigenvalue weighted by molar-refractivity contribution is 0.0950. The summed E-state index contributed by atoms with van der Waals surface area (Å²) >= 11 is 2.05. The summed E-state index contributed by atoms with van der Waals surface area (Å²) in [6.07, 6.45) is 1.43. The Morgan fingerprint density at radius 3 is 3.06 bits per heavy atom. The third kappa shape index (κ3) is 3.16. The van der Waals surface area contributed by atoms with Gasteiger partial charge in [0.1, 0.15) is 5.76 Å². The Kier molecular flexibility index (Phi) is 3.57. The van der Waals surface area contributed by atoms with Crippen molar-refractivity contribution < 1.29 is 9.21 Å². The van der Waals surface area contributed by atoms with Crippen LogP contribution in [0, 0.1) is 10.7 Å². The maximum Gasteiger partial charge on any atom is 0.291 e. The number of nitrogens with zero attached hydrogens (tertiary/aromatic N) is 2. The summed E-state index contributed by atoms with van der Waals surface area (Å²) in [6.45, 7) is 1.82. The van der Waals surface area contributed by atoms with Crippen LogP contribution in [0.3, 0.4) is 0 Å². The van der Waals surface area contributed by atoms with Crippen LogP contribution in [-0.2, 0) is 0 Å². The second-order valence-corrected chi connectivity index (χ2v) is 4.34. The Labute approximate surface area is 111 Å². The number of amides is 1. The molecule has 0 spiro atoms. The number of hydrazone groups is 1. The summed E-state index contributed by atoms with van der Waals surface area (Å²) < 4.78 is 6.00. The van der Waals surface area contributed by atoms with Gasteiger partial charge in [-0.15, -0.1) is 0 Å². The van der Waals surface area contributed by atoms with Crippen molar-refractivity contribution in [3.8, 4) is 0 Å². The number of halogens is 1. The van der Waals surface area contributed by atoms with E-state index in [1.54, 1.807) is 18.2 Å². The molecule has 2 aromatic rings. The summed E-state index contributed by atoms with van der Waals surface area (Å²) in [6, 6.07) is 5.21. The minimum absolute atomic E-state index is 0.300. The number of carbonyl (C=O) groups excluding carboxylic acids is 1. The molecule has 2 heterocycles. The van der Waals surface area contributed by atoms with Crippen LogP contribution in [0.4, 0.5) is 0 Å². The van der Waals surface area contributed by atoms with Crippen LogP contribution >= 0.6 is 22.6 Å². The molecule has 0 unspecified atom stereocenters. The van der Waals surface area contributed by atoms with E-state index in [0.717, 1.165) is 9.46 Å². The Hall–Kier alpha value is -1.64. The summed E-state index contributed by atoms with van der Waals surface area (Å²) in [5, 5.41) is 10.3. The molecule has 0 saturated heterocycles. The van der Waals surface area contributed by atoms with Gasteiger partial charge in [0.15, 0.2) is 9.46 Å². The first-order valence-corrected chi connectivity index (χ1v) is 5.84. The van der Waals surface area contributed by atoms with Gasteiger partial charge in [-0.05, 0) is 47.7 Å². The van der Waals surface area contributed by atoms with Crippen LogP contribution in [0.5, 0.6) is 0 Å². The number of rotatable bonds is 3. The van der Waals surface area contributed by atoms with Gasteiger partial charge in [0.2, 0.25) is 0 Å². The van der Waals surface area contributed by atoms with E-state index >= 15 is 0 Å². The molecule has 6 nitrogen and oxygen atoms in total. The molecule has 0 aromatic carbocycles. The number of aryl methyl sites for hydroxylation is 1. The van der Waals surface area contributed by atoms with Crippen molar-refractivity contribution in [1.29, 1.82) is 0 Å². The van der Waals surface area contributed by atoms with Gasteiger partial charge in [0.05, 0.1) is 6.21 Å². The third-order valence-corrected chi connectivity index (χ3v) is 2.47. The highest BCUT2D eigenvalue weighted by Gasteiger charge is 2.07. The van der Waals surface area contributed by atoms with Crippen LogP contribution in [0.15, 0.2) is 27.7 Å². The van der Waals surface area contributed by atoms with Gasteiger partial charge in [-0.2, -0.15) is 10.2 Å². The number of aromatic amines is 1. The van der Waals surface area contributed by atoms with Crippen molar-refractivity contribution in [1.82, 2.24) is 15.6 Å². The van der Waals surface area contributed by atoms with E-state index in [-0.39, 0.29) is 5.91 Å². The van der Waals surface area contributed by atoms with Crippen molar-refractivity contribution in [3.63, 3.8) is 0 Å². The Morgan fingerprint density at radius 2 is 2.47 bits per heavy atom. The van der Waals surface area contributed by atoms with E-state index in [4.69, 9.17) is 4.42 Å². The van der Waals surface area contributed by atoms with E-state index in [0.29, 0.717) is 11.5 Å². The fourth-order valence-electron chi connectivity index (χ4n) is 1.14. The zero-order valence-electron chi connectivity index (χ0n) is 8.90. The molecule has 7 heteroatoms. The largest absolute Gasteiger partial charge is 0.449 e. The molecular formula is C10H9IN4O2. The van der Waals surface area contributed by atoms with Crippen LogP contribution < -0.4 is 5.43 Å². The van der Waals surface area contributed by atoms with E-state index < -0.39 is 0 Å².